The summed E-state index contributed by atoms with van der Waals surface area (Å²) in [7, 11) is 0. The van der Waals surface area contributed by atoms with E-state index in [-0.39, 0.29) is 12.3 Å². The van der Waals surface area contributed by atoms with Crippen LogP contribution in [0.5, 0.6) is 5.75 Å². The third-order valence-corrected chi connectivity index (χ3v) is 5.28. The molecule has 144 valence electrons. The summed E-state index contributed by atoms with van der Waals surface area (Å²) in [4.78, 5) is 13.4. The fourth-order valence-electron chi connectivity index (χ4n) is 2.96. The number of rotatable bonds is 7. The molecule has 0 spiro atoms. The van der Waals surface area contributed by atoms with Gasteiger partial charge in [0.1, 0.15) is 5.75 Å². The van der Waals surface area contributed by atoms with Gasteiger partial charge in [0.05, 0.1) is 19.2 Å². The standard InChI is InChI=1S/C22H21ClN2O2S/c1-3-27-20-10-8-15-6-4-5-7-18(15)19(20)14-24-25-22(26)13-16-12-17(23)9-11-21(16)28-2/h4-12,14H,3,13H2,1-2H3,(H,25,26)/b24-14-. The van der Waals surface area contributed by atoms with Crippen LogP contribution in [-0.2, 0) is 11.2 Å². The predicted molar refractivity (Wildman–Crippen MR) is 118 cm³/mol. The number of halogens is 1. The van der Waals surface area contributed by atoms with E-state index in [1.807, 2.05) is 67.8 Å². The van der Waals surface area contributed by atoms with Crippen molar-refractivity contribution in [2.45, 2.75) is 18.2 Å². The van der Waals surface area contributed by atoms with Gasteiger partial charge in [0.2, 0.25) is 5.91 Å². The molecule has 1 N–H and O–H groups in total. The molecule has 0 aliphatic heterocycles. The maximum atomic E-state index is 12.3. The van der Waals surface area contributed by atoms with Gasteiger partial charge in [-0.25, -0.2) is 5.43 Å². The molecule has 0 saturated heterocycles. The minimum Gasteiger partial charge on any atom is -0.493 e. The monoisotopic (exact) mass is 412 g/mol. The van der Waals surface area contributed by atoms with Crippen LogP contribution in [0.1, 0.15) is 18.1 Å². The summed E-state index contributed by atoms with van der Waals surface area (Å²) < 4.78 is 5.72. The number of ether oxygens (including phenoxy) is 1. The number of fused-ring (bicyclic) bond motifs is 1. The van der Waals surface area contributed by atoms with E-state index in [1.54, 1.807) is 18.0 Å². The number of nitrogens with zero attached hydrogens (tertiary/aromatic N) is 1. The Balaban J connectivity index is 1.78. The van der Waals surface area contributed by atoms with Crippen molar-refractivity contribution in [3.8, 4) is 5.75 Å². The summed E-state index contributed by atoms with van der Waals surface area (Å²) in [6.45, 7) is 2.49. The SMILES string of the molecule is CCOc1ccc2ccccc2c1/C=N\NC(=O)Cc1cc(Cl)ccc1SC. The highest BCUT2D eigenvalue weighted by Crippen LogP contribution is 2.27. The second-order valence-electron chi connectivity index (χ2n) is 6.06. The molecule has 0 fully saturated rings. The number of amides is 1. The van der Waals surface area contributed by atoms with Crippen molar-refractivity contribution in [3.05, 3.63) is 70.7 Å². The topological polar surface area (TPSA) is 50.7 Å². The van der Waals surface area contributed by atoms with E-state index < -0.39 is 0 Å². The van der Waals surface area contributed by atoms with Gasteiger partial charge in [0.15, 0.2) is 0 Å². The molecule has 0 saturated carbocycles. The van der Waals surface area contributed by atoms with Gasteiger partial charge in [-0.2, -0.15) is 5.10 Å². The molecule has 0 heterocycles. The summed E-state index contributed by atoms with van der Waals surface area (Å²) in [6.07, 6.45) is 3.82. The fourth-order valence-corrected chi connectivity index (χ4v) is 3.75. The van der Waals surface area contributed by atoms with Crippen molar-refractivity contribution in [2.75, 3.05) is 12.9 Å². The Bertz CT molecular complexity index is 1020. The number of thioether (sulfide) groups is 1. The van der Waals surface area contributed by atoms with Gasteiger partial charge in [-0.05, 0) is 53.8 Å². The van der Waals surface area contributed by atoms with E-state index in [4.69, 9.17) is 16.3 Å². The Morgan fingerprint density at radius 1 is 1.21 bits per heavy atom. The van der Waals surface area contributed by atoms with E-state index in [9.17, 15) is 4.79 Å². The fraction of sp³-hybridized carbons (Fsp3) is 0.182. The number of hydrogen-bond donors (Lipinski definition) is 1. The van der Waals surface area contributed by atoms with Gasteiger partial charge in [-0.3, -0.25) is 4.79 Å². The molecule has 0 aliphatic rings. The molecule has 3 rings (SSSR count). The van der Waals surface area contributed by atoms with Crippen LogP contribution in [0.4, 0.5) is 0 Å². The minimum atomic E-state index is -0.202. The molecule has 6 heteroatoms. The zero-order chi connectivity index (χ0) is 19.9. The van der Waals surface area contributed by atoms with Gasteiger partial charge in [-0.15, -0.1) is 11.8 Å². The smallest absolute Gasteiger partial charge is 0.244 e. The van der Waals surface area contributed by atoms with Crippen molar-refractivity contribution >= 4 is 46.3 Å². The summed E-state index contributed by atoms with van der Waals surface area (Å²) in [5.74, 6) is 0.533. The van der Waals surface area contributed by atoms with E-state index in [0.29, 0.717) is 11.6 Å². The van der Waals surface area contributed by atoms with E-state index in [1.165, 1.54) is 0 Å². The van der Waals surface area contributed by atoms with Crippen LogP contribution in [0.2, 0.25) is 5.02 Å². The zero-order valence-corrected chi connectivity index (χ0v) is 17.3. The Hall–Kier alpha value is -2.50. The molecule has 3 aromatic carbocycles. The quantitative estimate of drug-likeness (QED) is 0.325. The first kappa shape index (κ1) is 20.2. The van der Waals surface area contributed by atoms with Crippen LogP contribution in [0.3, 0.4) is 0 Å². The Labute approximate surface area is 173 Å². The first-order valence-corrected chi connectivity index (χ1v) is 10.5. The highest BCUT2D eigenvalue weighted by Gasteiger charge is 2.09. The summed E-state index contributed by atoms with van der Waals surface area (Å²) >= 11 is 7.64. The number of hydrogen-bond acceptors (Lipinski definition) is 4. The number of hydrazone groups is 1. The lowest BCUT2D eigenvalue weighted by molar-refractivity contribution is -0.120. The molecule has 3 aromatic rings. The van der Waals surface area contributed by atoms with Gasteiger partial charge in [0.25, 0.3) is 0 Å². The molecule has 0 aliphatic carbocycles. The molecule has 28 heavy (non-hydrogen) atoms. The van der Waals surface area contributed by atoms with E-state index in [0.717, 1.165) is 32.5 Å². The average molecular weight is 413 g/mol. The number of nitrogens with one attached hydrogen (secondary N) is 1. The Morgan fingerprint density at radius 2 is 2.04 bits per heavy atom. The Kier molecular flexibility index (Phi) is 6.95. The Morgan fingerprint density at radius 3 is 2.82 bits per heavy atom. The molecule has 0 aromatic heterocycles. The van der Waals surface area contributed by atoms with Gasteiger partial charge in [0, 0.05) is 15.5 Å². The van der Waals surface area contributed by atoms with E-state index in [2.05, 4.69) is 10.5 Å². The molecule has 4 nitrogen and oxygen atoms in total. The first-order valence-electron chi connectivity index (χ1n) is 8.91. The van der Waals surface area contributed by atoms with Crippen molar-refractivity contribution in [2.24, 2.45) is 5.10 Å². The number of benzene rings is 3. The van der Waals surface area contributed by atoms with Crippen LogP contribution >= 0.6 is 23.4 Å². The van der Waals surface area contributed by atoms with Crippen LogP contribution in [0.25, 0.3) is 10.8 Å². The van der Waals surface area contributed by atoms with Gasteiger partial charge >= 0.3 is 0 Å². The molecule has 0 radical (unpaired) electrons. The van der Waals surface area contributed by atoms with Crippen LogP contribution < -0.4 is 10.2 Å². The molecule has 1 amide bonds. The molecular weight excluding hydrogens is 392 g/mol. The number of carbonyl (C=O) groups excluding carboxylic acids is 1. The van der Waals surface area contributed by atoms with Gasteiger partial charge in [-0.1, -0.05) is 41.9 Å². The van der Waals surface area contributed by atoms with Crippen LogP contribution in [-0.4, -0.2) is 25.0 Å². The maximum Gasteiger partial charge on any atom is 0.244 e. The second-order valence-corrected chi connectivity index (χ2v) is 7.34. The van der Waals surface area contributed by atoms with Crippen molar-refractivity contribution in [1.82, 2.24) is 5.43 Å². The summed E-state index contributed by atoms with van der Waals surface area (Å²) in [6, 6.07) is 17.5. The highest BCUT2D eigenvalue weighted by molar-refractivity contribution is 7.98. The third-order valence-electron chi connectivity index (χ3n) is 4.21. The average Bonchev–Trinajstić information content (AvgIpc) is 2.69. The van der Waals surface area contributed by atoms with Crippen LogP contribution in [0.15, 0.2) is 64.6 Å². The minimum absolute atomic E-state index is 0.202. The third kappa shape index (κ3) is 4.86. The van der Waals surface area contributed by atoms with Crippen molar-refractivity contribution in [3.63, 3.8) is 0 Å². The largest absolute Gasteiger partial charge is 0.493 e. The number of carbonyl (C=O) groups is 1. The molecule has 0 atom stereocenters. The van der Waals surface area contributed by atoms with E-state index >= 15 is 0 Å². The molecule has 0 unspecified atom stereocenters. The lowest BCUT2D eigenvalue weighted by Crippen LogP contribution is -2.20. The molecular formula is C22H21ClN2O2S. The highest BCUT2D eigenvalue weighted by atomic mass is 35.5. The second kappa shape index (κ2) is 9.62. The summed E-state index contributed by atoms with van der Waals surface area (Å²) in [5.41, 5.74) is 4.33. The predicted octanol–water partition coefficient (Wildman–Crippen LogP) is 5.31. The lowest BCUT2D eigenvalue weighted by atomic mass is 10.0. The zero-order valence-electron chi connectivity index (χ0n) is 15.7. The lowest BCUT2D eigenvalue weighted by Gasteiger charge is -2.10. The normalized spacial score (nSPS) is 11.1. The van der Waals surface area contributed by atoms with Crippen molar-refractivity contribution < 1.29 is 9.53 Å². The van der Waals surface area contributed by atoms with Crippen molar-refractivity contribution in [1.29, 1.82) is 0 Å². The maximum absolute atomic E-state index is 12.3. The summed E-state index contributed by atoms with van der Waals surface area (Å²) in [5, 5.41) is 6.88. The van der Waals surface area contributed by atoms with Crippen LogP contribution in [0, 0.1) is 0 Å². The first-order chi connectivity index (χ1) is 13.6. The molecule has 0 bridgehead atoms. The van der Waals surface area contributed by atoms with Gasteiger partial charge < -0.3 is 4.74 Å².